The quantitative estimate of drug-likeness (QED) is 0.550. The van der Waals surface area contributed by atoms with Crippen LogP contribution < -0.4 is 4.90 Å². The molecule has 30 heavy (non-hydrogen) atoms. The normalized spacial score (nSPS) is 23.2. The average Bonchev–Trinajstić information content (AvgIpc) is 2.77. The molecule has 1 aromatic heterocycles. The van der Waals surface area contributed by atoms with Crippen molar-refractivity contribution >= 4 is 45.9 Å². The molecule has 1 aromatic carbocycles. The van der Waals surface area contributed by atoms with E-state index in [4.69, 9.17) is 17.2 Å². The molecule has 0 saturated carbocycles. The van der Waals surface area contributed by atoms with Gasteiger partial charge in [0.15, 0.2) is 10.5 Å². The maximum atomic E-state index is 13.9. The van der Waals surface area contributed by atoms with E-state index in [1.54, 1.807) is 9.80 Å². The highest BCUT2D eigenvalue weighted by molar-refractivity contribution is 7.80. The van der Waals surface area contributed by atoms with E-state index in [-0.39, 0.29) is 17.9 Å². The van der Waals surface area contributed by atoms with E-state index in [1.165, 1.54) is 0 Å². The van der Waals surface area contributed by atoms with E-state index in [0.29, 0.717) is 24.6 Å². The molecule has 2 saturated heterocycles. The summed E-state index contributed by atoms with van der Waals surface area (Å²) in [6, 6.07) is 9.97. The molecule has 3 aliphatic rings. The zero-order valence-electron chi connectivity index (χ0n) is 17.4. The highest BCUT2D eigenvalue weighted by atomic mass is 32.1. The number of piperidine rings is 1. The van der Waals surface area contributed by atoms with E-state index in [2.05, 4.69) is 11.0 Å². The van der Waals surface area contributed by atoms with E-state index in [1.807, 2.05) is 38.1 Å². The van der Waals surface area contributed by atoms with E-state index in [0.717, 1.165) is 48.1 Å². The molecule has 0 radical (unpaired) electrons. The lowest BCUT2D eigenvalue weighted by Crippen LogP contribution is -2.73. The number of amides is 2. The number of aromatic nitrogens is 1. The molecule has 0 aliphatic carbocycles. The number of carbonyl (C=O) groups is 2. The number of pyridine rings is 1. The van der Waals surface area contributed by atoms with Gasteiger partial charge in [-0.2, -0.15) is 0 Å². The van der Waals surface area contributed by atoms with Gasteiger partial charge in [0.05, 0.1) is 11.6 Å². The smallest absolute Gasteiger partial charge is 0.246 e. The Morgan fingerprint density at radius 3 is 2.50 bits per heavy atom. The molecule has 7 heteroatoms. The van der Waals surface area contributed by atoms with Crippen LogP contribution in [0, 0.1) is 5.41 Å². The SMILES string of the molecule is CCN1C(=O)C2(Cc3cc4ccccc4nc3N3CCCC[C@@H]32)C(=O)N(CC)C1=S. The summed E-state index contributed by atoms with van der Waals surface area (Å²) in [4.78, 5) is 38.2. The van der Waals surface area contributed by atoms with Gasteiger partial charge in [0.2, 0.25) is 11.8 Å². The summed E-state index contributed by atoms with van der Waals surface area (Å²) in [5.74, 6) is 0.657. The maximum Gasteiger partial charge on any atom is 0.246 e. The Labute approximate surface area is 181 Å². The predicted octanol–water partition coefficient (Wildman–Crippen LogP) is 3.13. The number of carbonyl (C=O) groups excluding carboxylic acids is 2. The van der Waals surface area contributed by atoms with Crippen LogP contribution in [-0.2, 0) is 16.0 Å². The van der Waals surface area contributed by atoms with Crippen LogP contribution in [0.2, 0.25) is 0 Å². The number of benzene rings is 1. The van der Waals surface area contributed by atoms with E-state index in [9.17, 15) is 9.59 Å². The summed E-state index contributed by atoms with van der Waals surface area (Å²) < 4.78 is 0. The summed E-state index contributed by atoms with van der Waals surface area (Å²) in [6.07, 6.45) is 3.24. The first-order valence-electron chi connectivity index (χ1n) is 10.9. The van der Waals surface area contributed by atoms with Gasteiger partial charge >= 0.3 is 0 Å². The molecule has 1 atom stereocenters. The Hall–Kier alpha value is -2.54. The Morgan fingerprint density at radius 1 is 1.10 bits per heavy atom. The van der Waals surface area contributed by atoms with Crippen molar-refractivity contribution in [3.05, 3.63) is 35.9 Å². The predicted molar refractivity (Wildman–Crippen MR) is 120 cm³/mol. The molecule has 4 heterocycles. The van der Waals surface area contributed by atoms with Crippen LogP contribution in [0.25, 0.3) is 10.9 Å². The van der Waals surface area contributed by atoms with Crippen LogP contribution in [-0.4, -0.2) is 57.4 Å². The number of fused-ring (bicyclic) bond motifs is 5. The molecule has 0 unspecified atom stereocenters. The van der Waals surface area contributed by atoms with E-state index < -0.39 is 5.41 Å². The van der Waals surface area contributed by atoms with Crippen LogP contribution in [0.5, 0.6) is 0 Å². The molecular weight excluding hydrogens is 396 g/mol. The number of thiocarbonyl (C=S) groups is 1. The third kappa shape index (κ3) is 2.47. The number of nitrogens with zero attached hydrogens (tertiary/aromatic N) is 4. The molecule has 0 N–H and O–H groups in total. The first kappa shape index (κ1) is 19.4. The number of hydrogen-bond acceptors (Lipinski definition) is 5. The van der Waals surface area contributed by atoms with Crippen molar-refractivity contribution < 1.29 is 9.59 Å². The van der Waals surface area contributed by atoms with Crippen LogP contribution in [0.1, 0.15) is 38.7 Å². The van der Waals surface area contributed by atoms with Gasteiger partial charge in [-0.1, -0.05) is 18.2 Å². The summed E-state index contributed by atoms with van der Waals surface area (Å²) in [6.45, 7) is 5.60. The molecule has 2 amide bonds. The Kier molecular flexibility index (Phi) is 4.54. The number of rotatable bonds is 2. The average molecular weight is 423 g/mol. The molecule has 5 rings (SSSR count). The van der Waals surface area contributed by atoms with Crippen molar-refractivity contribution in [3.8, 4) is 0 Å². The second-order valence-electron chi connectivity index (χ2n) is 8.40. The van der Waals surface area contributed by atoms with Crippen LogP contribution >= 0.6 is 12.2 Å². The molecule has 6 nitrogen and oxygen atoms in total. The Morgan fingerprint density at radius 2 is 1.80 bits per heavy atom. The largest absolute Gasteiger partial charge is 0.352 e. The fourth-order valence-electron chi connectivity index (χ4n) is 5.53. The molecule has 0 bridgehead atoms. The summed E-state index contributed by atoms with van der Waals surface area (Å²) in [7, 11) is 0. The lowest BCUT2D eigenvalue weighted by molar-refractivity contribution is -0.159. The fraction of sp³-hybridized carbons (Fsp3) is 0.478. The topological polar surface area (TPSA) is 56.8 Å². The summed E-state index contributed by atoms with van der Waals surface area (Å²) in [5, 5.41) is 1.37. The van der Waals surface area contributed by atoms with Crippen LogP contribution in [0.15, 0.2) is 30.3 Å². The molecule has 156 valence electrons. The first-order chi connectivity index (χ1) is 14.5. The van der Waals surface area contributed by atoms with Gasteiger partial charge in [0.25, 0.3) is 0 Å². The third-order valence-corrected chi connectivity index (χ3v) is 7.38. The van der Waals surface area contributed by atoms with Gasteiger partial charge in [0, 0.05) is 31.4 Å². The van der Waals surface area contributed by atoms with Gasteiger partial charge in [-0.3, -0.25) is 19.4 Å². The van der Waals surface area contributed by atoms with E-state index >= 15 is 0 Å². The molecular formula is C23H26N4O2S. The minimum Gasteiger partial charge on any atom is -0.352 e. The van der Waals surface area contributed by atoms with Crippen molar-refractivity contribution in [2.24, 2.45) is 5.41 Å². The minimum absolute atomic E-state index is 0.139. The standard InChI is InChI=1S/C23H26N4O2S/c1-3-25-20(28)23(21(29)26(4-2)22(25)30)14-16-13-15-9-5-6-10-17(15)24-19(16)27-12-8-7-11-18(23)27/h5-6,9-10,13,18H,3-4,7-8,11-12,14H2,1-2H3/t18-/m1/s1. The maximum absolute atomic E-state index is 13.9. The second kappa shape index (κ2) is 7.01. The highest BCUT2D eigenvalue weighted by Crippen LogP contribution is 2.48. The lowest BCUT2D eigenvalue weighted by atomic mass is 9.66. The molecule has 2 aromatic rings. The monoisotopic (exact) mass is 422 g/mol. The van der Waals surface area contributed by atoms with Crippen LogP contribution in [0.3, 0.4) is 0 Å². The van der Waals surface area contributed by atoms with Gasteiger partial charge in [0.1, 0.15) is 5.82 Å². The Balaban J connectivity index is 1.73. The van der Waals surface area contributed by atoms with Gasteiger partial charge < -0.3 is 4.90 Å². The number of hydrogen-bond donors (Lipinski definition) is 0. The fourth-order valence-corrected chi connectivity index (χ4v) is 5.95. The molecule has 3 aliphatic heterocycles. The minimum atomic E-state index is -1.13. The van der Waals surface area contributed by atoms with Crippen molar-refractivity contribution in [1.29, 1.82) is 0 Å². The Bertz CT molecular complexity index is 1040. The second-order valence-corrected chi connectivity index (χ2v) is 8.76. The summed E-state index contributed by atoms with van der Waals surface area (Å²) >= 11 is 5.53. The van der Waals surface area contributed by atoms with Gasteiger partial charge in [-0.05, 0) is 63.0 Å². The van der Waals surface area contributed by atoms with Gasteiger partial charge in [-0.15, -0.1) is 0 Å². The van der Waals surface area contributed by atoms with Gasteiger partial charge in [-0.25, -0.2) is 4.98 Å². The third-order valence-electron chi connectivity index (χ3n) is 6.94. The van der Waals surface area contributed by atoms with Crippen LogP contribution in [0.4, 0.5) is 5.82 Å². The number of para-hydroxylation sites is 1. The molecule has 1 spiro atoms. The van der Waals surface area contributed by atoms with Crippen molar-refractivity contribution in [2.75, 3.05) is 24.5 Å². The highest BCUT2D eigenvalue weighted by Gasteiger charge is 2.63. The zero-order valence-corrected chi connectivity index (χ0v) is 18.2. The molecule has 2 fully saturated rings. The number of anilines is 1. The zero-order chi connectivity index (χ0) is 21.0. The van der Waals surface area contributed by atoms with Crippen molar-refractivity contribution in [3.63, 3.8) is 0 Å². The first-order valence-corrected chi connectivity index (χ1v) is 11.3. The summed E-state index contributed by atoms with van der Waals surface area (Å²) in [5.41, 5.74) is 0.796. The van der Waals surface area contributed by atoms with Crippen molar-refractivity contribution in [1.82, 2.24) is 14.8 Å². The van der Waals surface area contributed by atoms with Crippen molar-refractivity contribution in [2.45, 2.75) is 45.6 Å². The lowest BCUT2D eigenvalue weighted by Gasteiger charge is -2.55.